The first kappa shape index (κ1) is 10.9. The van der Waals surface area contributed by atoms with Crippen molar-refractivity contribution in [2.24, 2.45) is 0 Å². The zero-order valence-corrected chi connectivity index (χ0v) is 9.37. The molecule has 2 saturated heterocycles. The molecule has 4 heteroatoms. The normalized spacial score (nSPS) is 30.7. The zero-order valence-electron chi connectivity index (χ0n) is 9.37. The molecule has 0 aromatic carbocycles. The molecular formula is C11H20N2O2. The standard InChI is InChI=1S/C11H20N2O2/c1-2-13(9-5-6-12-8-9)11(14)10-4-3-7-15-10/h9-10,12H,2-8H2,1H3/t9?,10-/m1/s1. The smallest absolute Gasteiger partial charge is 0.251 e. The van der Waals surface area contributed by atoms with Crippen LogP contribution in [0.2, 0.25) is 0 Å². The predicted molar refractivity (Wildman–Crippen MR) is 57.6 cm³/mol. The number of nitrogens with one attached hydrogen (secondary N) is 1. The molecule has 2 heterocycles. The van der Waals surface area contributed by atoms with E-state index in [0.717, 1.165) is 45.5 Å². The van der Waals surface area contributed by atoms with E-state index in [1.165, 1.54) is 0 Å². The average molecular weight is 212 g/mol. The van der Waals surface area contributed by atoms with Gasteiger partial charge < -0.3 is 15.0 Å². The Balaban J connectivity index is 1.95. The first-order valence-corrected chi connectivity index (χ1v) is 5.95. The molecule has 0 bridgehead atoms. The van der Waals surface area contributed by atoms with Crippen molar-refractivity contribution in [2.75, 3.05) is 26.2 Å². The molecule has 4 nitrogen and oxygen atoms in total. The minimum absolute atomic E-state index is 0.162. The van der Waals surface area contributed by atoms with Crippen molar-refractivity contribution in [1.82, 2.24) is 10.2 Å². The Hall–Kier alpha value is -0.610. The van der Waals surface area contributed by atoms with Crippen LogP contribution in [0.4, 0.5) is 0 Å². The van der Waals surface area contributed by atoms with Crippen LogP contribution in [0.15, 0.2) is 0 Å². The summed E-state index contributed by atoms with van der Waals surface area (Å²) >= 11 is 0. The minimum atomic E-state index is -0.162. The number of carbonyl (C=O) groups is 1. The van der Waals surface area contributed by atoms with Gasteiger partial charge in [0.05, 0.1) is 0 Å². The molecule has 2 aliphatic heterocycles. The molecule has 2 fully saturated rings. The highest BCUT2D eigenvalue weighted by atomic mass is 16.5. The number of nitrogens with zero attached hydrogens (tertiary/aromatic N) is 1. The molecule has 1 unspecified atom stereocenters. The van der Waals surface area contributed by atoms with E-state index in [2.05, 4.69) is 5.32 Å². The van der Waals surface area contributed by atoms with E-state index in [-0.39, 0.29) is 12.0 Å². The zero-order chi connectivity index (χ0) is 10.7. The van der Waals surface area contributed by atoms with Gasteiger partial charge in [0.25, 0.3) is 5.91 Å². The summed E-state index contributed by atoms with van der Waals surface area (Å²) in [5.41, 5.74) is 0. The number of ether oxygens (including phenoxy) is 1. The molecular weight excluding hydrogens is 192 g/mol. The topological polar surface area (TPSA) is 41.6 Å². The second kappa shape index (κ2) is 4.94. The number of amides is 1. The molecule has 15 heavy (non-hydrogen) atoms. The third-order valence-corrected chi connectivity index (χ3v) is 3.30. The number of hydrogen-bond acceptors (Lipinski definition) is 3. The lowest BCUT2D eigenvalue weighted by molar-refractivity contribution is -0.142. The molecule has 2 aliphatic rings. The second-order valence-corrected chi connectivity index (χ2v) is 4.27. The summed E-state index contributed by atoms with van der Waals surface area (Å²) in [6.45, 7) is 5.55. The highest BCUT2D eigenvalue weighted by molar-refractivity contribution is 5.81. The van der Waals surface area contributed by atoms with Gasteiger partial charge in [0.15, 0.2) is 0 Å². The van der Waals surface area contributed by atoms with Crippen molar-refractivity contribution in [3.63, 3.8) is 0 Å². The van der Waals surface area contributed by atoms with Gasteiger partial charge in [-0.3, -0.25) is 4.79 Å². The summed E-state index contributed by atoms with van der Waals surface area (Å²) in [7, 11) is 0. The largest absolute Gasteiger partial charge is 0.368 e. The van der Waals surface area contributed by atoms with E-state index >= 15 is 0 Å². The third kappa shape index (κ3) is 2.32. The summed E-state index contributed by atoms with van der Waals surface area (Å²) in [5, 5.41) is 3.30. The monoisotopic (exact) mass is 212 g/mol. The Morgan fingerprint density at radius 3 is 2.93 bits per heavy atom. The molecule has 1 amide bonds. The molecule has 0 aromatic heterocycles. The van der Waals surface area contributed by atoms with Crippen molar-refractivity contribution in [3.05, 3.63) is 0 Å². The minimum Gasteiger partial charge on any atom is -0.368 e. The molecule has 0 saturated carbocycles. The van der Waals surface area contributed by atoms with Crippen molar-refractivity contribution in [2.45, 2.75) is 38.3 Å². The summed E-state index contributed by atoms with van der Waals surface area (Å²) in [6, 6.07) is 0.381. The third-order valence-electron chi connectivity index (χ3n) is 3.30. The molecule has 2 atom stereocenters. The van der Waals surface area contributed by atoms with Gasteiger partial charge in [0.2, 0.25) is 0 Å². The molecule has 2 rings (SSSR count). The van der Waals surface area contributed by atoms with Crippen LogP contribution in [-0.4, -0.2) is 49.2 Å². The number of hydrogen-bond donors (Lipinski definition) is 1. The van der Waals surface area contributed by atoms with E-state index in [9.17, 15) is 4.79 Å². The Kier molecular flexibility index (Phi) is 3.59. The lowest BCUT2D eigenvalue weighted by Gasteiger charge is -2.29. The fourth-order valence-corrected chi connectivity index (χ4v) is 2.46. The van der Waals surface area contributed by atoms with Gasteiger partial charge in [-0.25, -0.2) is 0 Å². The first-order chi connectivity index (χ1) is 7.33. The van der Waals surface area contributed by atoms with Crippen molar-refractivity contribution < 1.29 is 9.53 Å². The average Bonchev–Trinajstić information content (AvgIpc) is 2.91. The van der Waals surface area contributed by atoms with E-state index in [1.54, 1.807) is 0 Å². The van der Waals surface area contributed by atoms with Gasteiger partial charge in [0, 0.05) is 25.7 Å². The van der Waals surface area contributed by atoms with Gasteiger partial charge in [-0.2, -0.15) is 0 Å². The second-order valence-electron chi connectivity index (χ2n) is 4.27. The number of rotatable bonds is 3. The van der Waals surface area contributed by atoms with E-state index in [1.807, 2.05) is 11.8 Å². The Morgan fingerprint density at radius 1 is 1.53 bits per heavy atom. The van der Waals surface area contributed by atoms with Crippen LogP contribution < -0.4 is 5.32 Å². The molecule has 0 aliphatic carbocycles. The highest BCUT2D eigenvalue weighted by Gasteiger charge is 2.32. The Labute approximate surface area is 91.0 Å². The van der Waals surface area contributed by atoms with Crippen LogP contribution in [0.25, 0.3) is 0 Å². The van der Waals surface area contributed by atoms with Crippen LogP contribution in [-0.2, 0) is 9.53 Å². The van der Waals surface area contributed by atoms with E-state index in [4.69, 9.17) is 4.74 Å². The van der Waals surface area contributed by atoms with Crippen molar-refractivity contribution in [3.8, 4) is 0 Å². The van der Waals surface area contributed by atoms with Crippen molar-refractivity contribution >= 4 is 5.91 Å². The summed E-state index contributed by atoms with van der Waals surface area (Å²) in [5.74, 6) is 0.198. The molecule has 1 N–H and O–H groups in total. The van der Waals surface area contributed by atoms with E-state index < -0.39 is 0 Å². The van der Waals surface area contributed by atoms with Gasteiger partial charge in [-0.15, -0.1) is 0 Å². The number of carbonyl (C=O) groups excluding carboxylic acids is 1. The molecule has 86 valence electrons. The fraction of sp³-hybridized carbons (Fsp3) is 0.909. The Bertz CT molecular complexity index is 221. The van der Waals surface area contributed by atoms with Crippen LogP contribution in [0.5, 0.6) is 0 Å². The molecule has 0 spiro atoms. The lowest BCUT2D eigenvalue weighted by atomic mass is 10.1. The predicted octanol–water partition coefficient (Wildman–Crippen LogP) is 0.376. The van der Waals surface area contributed by atoms with E-state index in [0.29, 0.717) is 6.04 Å². The number of likely N-dealkylation sites (N-methyl/N-ethyl adjacent to an activating group) is 1. The van der Waals surface area contributed by atoms with Gasteiger partial charge in [-0.1, -0.05) is 0 Å². The first-order valence-electron chi connectivity index (χ1n) is 5.95. The lowest BCUT2D eigenvalue weighted by Crippen LogP contribution is -2.46. The fourth-order valence-electron chi connectivity index (χ4n) is 2.46. The maximum atomic E-state index is 12.1. The van der Waals surface area contributed by atoms with Gasteiger partial charge >= 0.3 is 0 Å². The van der Waals surface area contributed by atoms with Crippen LogP contribution >= 0.6 is 0 Å². The van der Waals surface area contributed by atoms with Crippen LogP contribution in [0.1, 0.15) is 26.2 Å². The van der Waals surface area contributed by atoms with Gasteiger partial charge in [0.1, 0.15) is 6.10 Å². The SMILES string of the molecule is CCN(C(=O)[C@H]1CCCO1)C1CCNC1. The maximum absolute atomic E-state index is 12.1. The Morgan fingerprint density at radius 2 is 2.40 bits per heavy atom. The molecule has 0 radical (unpaired) electrons. The summed E-state index contributed by atoms with van der Waals surface area (Å²) < 4.78 is 5.45. The molecule has 0 aromatic rings. The summed E-state index contributed by atoms with van der Waals surface area (Å²) in [4.78, 5) is 14.1. The van der Waals surface area contributed by atoms with Gasteiger partial charge in [-0.05, 0) is 32.7 Å². The maximum Gasteiger partial charge on any atom is 0.251 e. The summed E-state index contributed by atoms with van der Waals surface area (Å²) in [6.07, 6.45) is 2.84. The van der Waals surface area contributed by atoms with Crippen LogP contribution in [0.3, 0.4) is 0 Å². The highest BCUT2D eigenvalue weighted by Crippen LogP contribution is 2.18. The van der Waals surface area contributed by atoms with Crippen molar-refractivity contribution in [1.29, 1.82) is 0 Å². The quantitative estimate of drug-likeness (QED) is 0.735. The van der Waals surface area contributed by atoms with Crippen LogP contribution in [0, 0.1) is 0 Å².